The van der Waals surface area contributed by atoms with E-state index in [1.165, 1.54) is 39.6 Å². The van der Waals surface area contributed by atoms with Gasteiger partial charge in [-0.05, 0) is 71.7 Å². The fourth-order valence-corrected chi connectivity index (χ4v) is 6.89. The van der Waals surface area contributed by atoms with Gasteiger partial charge in [0.15, 0.2) is 11.4 Å². The second-order valence-corrected chi connectivity index (χ2v) is 17.8. The van der Waals surface area contributed by atoms with E-state index in [0.717, 1.165) is 38.9 Å². The first-order valence-corrected chi connectivity index (χ1v) is 18.8. The molecule has 47 heavy (non-hydrogen) atoms. The van der Waals surface area contributed by atoms with Crippen LogP contribution in [0.1, 0.15) is 26.4 Å². The van der Waals surface area contributed by atoms with Crippen molar-refractivity contribution >= 4 is 35.2 Å². The molecule has 0 unspecified atom stereocenters. The van der Waals surface area contributed by atoms with Crippen molar-refractivity contribution in [3.05, 3.63) is 138 Å². The number of aryl methyl sites for hydroxylation is 4. The summed E-state index contributed by atoms with van der Waals surface area (Å²) in [4.78, 5) is 9.04. The Balaban J connectivity index is 0.000000204. The summed E-state index contributed by atoms with van der Waals surface area (Å²) in [5, 5.41) is 2.93. The average molecular weight is 816 g/mol. The number of hydrogen-bond donors (Lipinski definition) is 0. The summed E-state index contributed by atoms with van der Waals surface area (Å²) >= 11 is 0. The topological polar surface area (TPSA) is 38.9 Å². The fourth-order valence-electron chi connectivity index (χ4n) is 5.86. The standard InChI is InChI=1S/C26H19FNO.C15H18NSi.Ir/c1-15-12-16(2)24(17(3)13-15)18-10-11-28-23(14-18)21-8-4-6-19-20-7-5-9-22(27)26(20)29-25(19)21;1-12-5-7-13(8-6-12)15-10-9-14(11-16-15)17(2,3)4;/h4-7,9-14H,1-3H3;5-7,9-11H,1-4H3;/q2*-1;/i;1D3;. The molecule has 239 valence electrons. The number of halogens is 1. The third kappa shape index (κ3) is 7.21. The Labute approximate surface area is 295 Å². The quantitative estimate of drug-likeness (QED) is 0.131. The predicted molar refractivity (Wildman–Crippen MR) is 192 cm³/mol. The van der Waals surface area contributed by atoms with Crippen molar-refractivity contribution in [2.24, 2.45) is 0 Å². The number of aromatic nitrogens is 2. The van der Waals surface area contributed by atoms with E-state index in [9.17, 15) is 4.39 Å². The van der Waals surface area contributed by atoms with Gasteiger partial charge in [0.1, 0.15) is 0 Å². The zero-order valence-electron chi connectivity index (χ0n) is 30.3. The maximum absolute atomic E-state index is 14.2. The molecule has 7 aromatic rings. The normalized spacial score (nSPS) is 12.4. The molecule has 0 saturated carbocycles. The van der Waals surface area contributed by atoms with Crippen LogP contribution >= 0.6 is 0 Å². The molecule has 7 rings (SSSR count). The molecule has 0 amide bonds. The van der Waals surface area contributed by atoms with Gasteiger partial charge < -0.3 is 14.4 Å². The van der Waals surface area contributed by atoms with Crippen LogP contribution in [0.2, 0.25) is 19.6 Å². The Morgan fingerprint density at radius 2 is 1.55 bits per heavy atom. The first-order chi connectivity index (χ1) is 23.2. The van der Waals surface area contributed by atoms with Crippen LogP contribution in [0.4, 0.5) is 4.39 Å². The van der Waals surface area contributed by atoms with E-state index in [-0.39, 0.29) is 31.5 Å². The van der Waals surface area contributed by atoms with Crippen LogP contribution < -0.4 is 5.19 Å². The molecule has 0 bridgehead atoms. The second kappa shape index (κ2) is 13.9. The summed E-state index contributed by atoms with van der Waals surface area (Å²) in [6, 6.07) is 32.4. The fraction of sp³-hybridized carbons (Fsp3) is 0.171. The van der Waals surface area contributed by atoms with Crippen LogP contribution in [0.15, 0.2) is 102 Å². The van der Waals surface area contributed by atoms with E-state index in [0.29, 0.717) is 11.1 Å². The Kier molecular flexibility index (Phi) is 8.89. The van der Waals surface area contributed by atoms with Gasteiger partial charge in [0.05, 0.1) is 13.7 Å². The van der Waals surface area contributed by atoms with Gasteiger partial charge in [0, 0.05) is 42.0 Å². The Bertz CT molecular complexity index is 2220. The molecule has 0 aliphatic heterocycles. The molecule has 0 atom stereocenters. The Morgan fingerprint density at radius 3 is 2.21 bits per heavy atom. The van der Waals surface area contributed by atoms with E-state index < -0.39 is 14.9 Å². The van der Waals surface area contributed by atoms with Gasteiger partial charge in [-0.2, -0.15) is 0 Å². The number of furan rings is 1. The third-order valence-electron chi connectivity index (χ3n) is 8.11. The largest absolute Gasteiger partial charge is 0.498 e. The summed E-state index contributed by atoms with van der Waals surface area (Å²) in [5.41, 5.74) is 10.3. The van der Waals surface area contributed by atoms with Gasteiger partial charge in [-0.25, -0.2) is 4.39 Å². The number of pyridine rings is 2. The maximum atomic E-state index is 14.2. The van der Waals surface area contributed by atoms with Crippen LogP contribution in [0.3, 0.4) is 0 Å². The number of hydrogen-bond acceptors (Lipinski definition) is 3. The van der Waals surface area contributed by atoms with Crippen LogP contribution in [-0.4, -0.2) is 18.0 Å². The van der Waals surface area contributed by atoms with E-state index >= 15 is 0 Å². The average Bonchev–Trinajstić information content (AvgIpc) is 3.44. The van der Waals surface area contributed by atoms with Gasteiger partial charge in [0.25, 0.3) is 0 Å². The molecule has 0 aliphatic carbocycles. The van der Waals surface area contributed by atoms with Crippen molar-refractivity contribution in [2.45, 2.75) is 47.3 Å². The molecule has 0 fully saturated rings. The molecule has 3 nitrogen and oxygen atoms in total. The SMILES string of the molecule is Cc1cc(C)c(-c2ccnc(-c3[c-]ccc4c3oc3c(F)cccc34)c2)c(C)c1.[2H]C([2H])([2H])c1c[c-]c(-c2ccc([Si](C)(C)C)cn2)cc1.[Ir]. The van der Waals surface area contributed by atoms with Gasteiger partial charge in [-0.15, -0.1) is 53.6 Å². The second-order valence-electron chi connectivity index (χ2n) is 12.7. The molecule has 3 aromatic heterocycles. The van der Waals surface area contributed by atoms with Crippen molar-refractivity contribution in [3.63, 3.8) is 0 Å². The Morgan fingerprint density at radius 1 is 0.787 bits per heavy atom. The first kappa shape index (κ1) is 30.1. The van der Waals surface area contributed by atoms with Crippen molar-refractivity contribution in [1.29, 1.82) is 0 Å². The van der Waals surface area contributed by atoms with Crippen molar-refractivity contribution in [3.8, 4) is 33.6 Å². The summed E-state index contributed by atoms with van der Waals surface area (Å²) in [6.45, 7) is 11.1. The third-order valence-corrected chi connectivity index (χ3v) is 10.1. The number of para-hydroxylation sites is 1. The van der Waals surface area contributed by atoms with Crippen molar-refractivity contribution < 1.29 is 33.0 Å². The molecular formula is C41H37FIrN2OSi-2. The molecule has 0 N–H and O–H groups in total. The molecule has 0 spiro atoms. The summed E-state index contributed by atoms with van der Waals surface area (Å²) < 4.78 is 42.2. The molecule has 0 saturated heterocycles. The van der Waals surface area contributed by atoms with Gasteiger partial charge in [-0.1, -0.05) is 85.5 Å². The zero-order valence-corrected chi connectivity index (χ0v) is 30.6. The van der Waals surface area contributed by atoms with E-state index in [1.807, 2.05) is 36.5 Å². The van der Waals surface area contributed by atoms with Crippen molar-refractivity contribution in [2.75, 3.05) is 0 Å². The summed E-state index contributed by atoms with van der Waals surface area (Å²) in [6.07, 6.45) is 3.73. The molecule has 1 radical (unpaired) electrons. The van der Waals surface area contributed by atoms with Crippen molar-refractivity contribution in [1.82, 2.24) is 9.97 Å². The number of rotatable bonds is 4. The smallest absolute Gasteiger partial charge is 0.165 e. The van der Waals surface area contributed by atoms with Gasteiger partial charge in [0.2, 0.25) is 0 Å². The monoisotopic (exact) mass is 816 g/mol. The van der Waals surface area contributed by atoms with Gasteiger partial charge in [-0.3, -0.25) is 0 Å². The number of benzene rings is 4. The van der Waals surface area contributed by atoms with E-state index in [1.54, 1.807) is 24.4 Å². The summed E-state index contributed by atoms with van der Waals surface area (Å²) in [5.74, 6) is -0.364. The minimum Gasteiger partial charge on any atom is -0.498 e. The number of nitrogens with zero attached hydrogens (tertiary/aromatic N) is 2. The minimum absolute atomic E-state index is 0. The molecule has 6 heteroatoms. The molecule has 4 aromatic carbocycles. The predicted octanol–water partition coefficient (Wildman–Crippen LogP) is 10.6. The Hall–Kier alpha value is -4.22. The van der Waals surface area contributed by atoms with Crippen LogP contribution in [0, 0.1) is 45.6 Å². The molecule has 3 heterocycles. The van der Waals surface area contributed by atoms with Crippen LogP contribution in [0.25, 0.3) is 55.6 Å². The molecular weight excluding hydrogens is 776 g/mol. The van der Waals surface area contributed by atoms with Gasteiger partial charge >= 0.3 is 0 Å². The van der Waals surface area contributed by atoms with Crippen LogP contribution in [0.5, 0.6) is 0 Å². The first-order valence-electron chi connectivity index (χ1n) is 16.8. The van der Waals surface area contributed by atoms with E-state index in [4.69, 9.17) is 8.53 Å². The zero-order chi connectivity index (χ0) is 35.1. The summed E-state index contributed by atoms with van der Waals surface area (Å²) in [7, 11) is -1.34. The maximum Gasteiger partial charge on any atom is 0.165 e. The van der Waals surface area contributed by atoms with E-state index in [2.05, 4.69) is 86.8 Å². The number of fused-ring (bicyclic) bond motifs is 3. The minimum atomic E-state index is -2.08. The van der Waals surface area contributed by atoms with Crippen LogP contribution in [-0.2, 0) is 20.1 Å². The molecule has 0 aliphatic rings.